The van der Waals surface area contributed by atoms with Gasteiger partial charge in [-0.3, -0.25) is 0 Å². The highest BCUT2D eigenvalue weighted by molar-refractivity contribution is 6.57. The van der Waals surface area contributed by atoms with Crippen molar-refractivity contribution in [1.29, 1.82) is 0 Å². The Morgan fingerprint density at radius 1 is 1.44 bits per heavy atom. The van der Waals surface area contributed by atoms with E-state index in [1.54, 1.807) is 6.26 Å². The lowest BCUT2D eigenvalue weighted by Crippen LogP contribution is -2.41. The van der Waals surface area contributed by atoms with Crippen LogP contribution < -0.4 is 5.73 Å². The summed E-state index contributed by atoms with van der Waals surface area (Å²) in [6.07, 6.45) is 3.74. The molecule has 0 fully saturated rings. The third-order valence-corrected chi connectivity index (χ3v) is 3.69. The van der Waals surface area contributed by atoms with E-state index in [1.807, 2.05) is 6.08 Å². The summed E-state index contributed by atoms with van der Waals surface area (Å²) in [5, 5.41) is 0. The summed E-state index contributed by atoms with van der Waals surface area (Å²) in [5.74, 6) is 0.395. The molecule has 0 aromatic rings. The Morgan fingerprint density at radius 3 is 3.00 bits per heavy atom. The Kier molecular flexibility index (Phi) is 3.05. The second-order valence-corrected chi connectivity index (χ2v) is 5.16. The molecule has 2 N–H and O–H groups in total. The first kappa shape index (κ1) is 12.0. The van der Waals surface area contributed by atoms with Crippen molar-refractivity contribution in [2.75, 3.05) is 19.8 Å². The van der Waals surface area contributed by atoms with Gasteiger partial charge in [0.15, 0.2) is 0 Å². The van der Waals surface area contributed by atoms with E-state index in [-0.39, 0.29) is 13.2 Å². The van der Waals surface area contributed by atoms with Crippen LogP contribution in [-0.4, -0.2) is 33.0 Å². The van der Waals surface area contributed by atoms with Crippen LogP contribution in [0.5, 0.6) is 0 Å². The molecule has 4 nitrogen and oxygen atoms in total. The smallest absolute Gasteiger partial charge is 0.495 e. The van der Waals surface area contributed by atoms with Gasteiger partial charge in [0.2, 0.25) is 0 Å². The predicted octanol–water partition coefficient (Wildman–Crippen LogP) is 1.19. The highest BCUT2D eigenvalue weighted by Gasteiger charge is 2.43. The summed E-state index contributed by atoms with van der Waals surface area (Å²) in [5.41, 5.74) is 10.7. The largest absolute Gasteiger partial charge is 0.497 e. The predicted molar refractivity (Wildman–Crippen MR) is 69.6 cm³/mol. The van der Waals surface area contributed by atoms with Gasteiger partial charge < -0.3 is 19.8 Å². The molecule has 0 saturated carbocycles. The Morgan fingerprint density at radius 2 is 2.28 bits per heavy atom. The highest BCUT2D eigenvalue weighted by atomic mass is 16.6. The topological polar surface area (TPSA) is 53.7 Å². The molecule has 0 aromatic heterocycles. The van der Waals surface area contributed by atoms with Gasteiger partial charge in [-0.05, 0) is 34.2 Å². The molecule has 0 aromatic carbocycles. The van der Waals surface area contributed by atoms with Crippen LogP contribution in [0.15, 0.2) is 34.5 Å². The SMILES string of the molecule is CC(C)C1=C2C=COCC3=C2B(OC3)O[C@@H]1CN. The molecule has 3 rings (SSSR count). The zero-order chi connectivity index (χ0) is 12.7. The van der Waals surface area contributed by atoms with Crippen LogP contribution >= 0.6 is 0 Å². The zero-order valence-corrected chi connectivity index (χ0v) is 10.8. The van der Waals surface area contributed by atoms with Gasteiger partial charge in [-0.15, -0.1) is 0 Å². The van der Waals surface area contributed by atoms with Gasteiger partial charge in [-0.2, -0.15) is 0 Å². The lowest BCUT2D eigenvalue weighted by Gasteiger charge is -2.32. The molecule has 0 bridgehead atoms. The van der Waals surface area contributed by atoms with Gasteiger partial charge in [0.05, 0.1) is 19.0 Å². The number of ether oxygens (including phenoxy) is 1. The highest BCUT2D eigenvalue weighted by Crippen LogP contribution is 2.39. The first-order valence-electron chi connectivity index (χ1n) is 6.44. The van der Waals surface area contributed by atoms with Crippen molar-refractivity contribution >= 4 is 7.12 Å². The van der Waals surface area contributed by atoms with Crippen molar-refractivity contribution in [2.24, 2.45) is 11.7 Å². The fourth-order valence-corrected chi connectivity index (χ4v) is 2.92. The van der Waals surface area contributed by atoms with Gasteiger partial charge in [0, 0.05) is 6.54 Å². The lowest BCUT2D eigenvalue weighted by atomic mass is 9.67. The average Bonchev–Trinajstić information content (AvgIpc) is 2.63. The summed E-state index contributed by atoms with van der Waals surface area (Å²) in [6.45, 7) is 6.00. The van der Waals surface area contributed by atoms with Crippen LogP contribution in [0.3, 0.4) is 0 Å². The fourth-order valence-electron chi connectivity index (χ4n) is 2.92. The number of nitrogens with two attached hydrogens (primary N) is 1. The van der Waals surface area contributed by atoms with Gasteiger partial charge in [-0.25, -0.2) is 0 Å². The van der Waals surface area contributed by atoms with Crippen LogP contribution in [0, 0.1) is 5.92 Å². The third-order valence-electron chi connectivity index (χ3n) is 3.69. The van der Waals surface area contributed by atoms with Crippen molar-refractivity contribution in [3.05, 3.63) is 34.5 Å². The molecule has 3 heterocycles. The zero-order valence-electron chi connectivity index (χ0n) is 10.8. The molecule has 1 atom stereocenters. The van der Waals surface area contributed by atoms with E-state index in [2.05, 4.69) is 13.8 Å². The van der Waals surface area contributed by atoms with Crippen LogP contribution in [0.25, 0.3) is 0 Å². The fraction of sp³-hybridized carbons (Fsp3) is 0.538. The van der Waals surface area contributed by atoms with Gasteiger partial charge in [0.25, 0.3) is 0 Å². The van der Waals surface area contributed by atoms with E-state index >= 15 is 0 Å². The molecule has 3 aliphatic rings. The summed E-state index contributed by atoms with van der Waals surface area (Å²) in [4.78, 5) is 0. The molecule has 0 radical (unpaired) electrons. The molecule has 0 unspecified atom stereocenters. The van der Waals surface area contributed by atoms with Crippen molar-refractivity contribution in [2.45, 2.75) is 20.0 Å². The minimum atomic E-state index is -0.266. The second-order valence-electron chi connectivity index (χ2n) is 5.16. The van der Waals surface area contributed by atoms with Gasteiger partial charge >= 0.3 is 7.12 Å². The molecule has 5 heteroatoms. The summed E-state index contributed by atoms with van der Waals surface area (Å²) < 4.78 is 17.1. The number of allylic oxidation sites excluding steroid dienone is 3. The van der Waals surface area contributed by atoms with E-state index in [1.165, 1.54) is 16.7 Å². The first-order valence-corrected chi connectivity index (χ1v) is 6.44. The average molecular weight is 247 g/mol. The minimum Gasteiger partial charge on any atom is -0.497 e. The van der Waals surface area contributed by atoms with Crippen molar-refractivity contribution in [1.82, 2.24) is 0 Å². The maximum atomic E-state index is 5.97. The normalized spacial score (nSPS) is 26.7. The van der Waals surface area contributed by atoms with Crippen molar-refractivity contribution in [3.63, 3.8) is 0 Å². The Balaban J connectivity index is 2.16. The molecule has 0 spiro atoms. The Bertz CT molecular complexity index is 453. The van der Waals surface area contributed by atoms with Gasteiger partial charge in [0.1, 0.15) is 6.61 Å². The first-order chi connectivity index (χ1) is 8.72. The van der Waals surface area contributed by atoms with E-state index in [9.17, 15) is 0 Å². The maximum Gasteiger partial charge on any atom is 0.495 e. The van der Waals surface area contributed by atoms with Crippen LogP contribution in [0.1, 0.15) is 13.8 Å². The van der Waals surface area contributed by atoms with Gasteiger partial charge in [-0.1, -0.05) is 13.8 Å². The maximum absolute atomic E-state index is 5.97. The minimum absolute atomic E-state index is 0.0594. The standard InChI is InChI=1S/C13H18BNO3/c1-8(2)12-10-3-4-16-6-9-7-17-14(13(9)10)18-11(12)5-15/h3-4,8,11H,5-7,15H2,1-2H3/t11-/m1/s1. The molecular formula is C13H18BNO3. The molecule has 96 valence electrons. The van der Waals surface area contributed by atoms with Crippen molar-refractivity contribution < 1.29 is 14.0 Å². The molecule has 0 aliphatic carbocycles. The van der Waals surface area contributed by atoms with Crippen LogP contribution in [0.2, 0.25) is 0 Å². The number of hydrogen-bond acceptors (Lipinski definition) is 4. The summed E-state index contributed by atoms with van der Waals surface area (Å²) >= 11 is 0. The summed E-state index contributed by atoms with van der Waals surface area (Å²) in [7, 11) is -0.266. The monoisotopic (exact) mass is 247 g/mol. The van der Waals surface area contributed by atoms with E-state index in [4.69, 9.17) is 19.8 Å². The molecule has 3 aliphatic heterocycles. The van der Waals surface area contributed by atoms with E-state index < -0.39 is 0 Å². The Labute approximate surface area is 108 Å². The molecule has 18 heavy (non-hydrogen) atoms. The van der Waals surface area contributed by atoms with Crippen LogP contribution in [-0.2, 0) is 14.0 Å². The lowest BCUT2D eigenvalue weighted by molar-refractivity contribution is 0.168. The number of rotatable bonds is 2. The summed E-state index contributed by atoms with van der Waals surface area (Å²) in [6, 6.07) is 0. The van der Waals surface area contributed by atoms with E-state index in [0.29, 0.717) is 25.7 Å². The molecule has 0 amide bonds. The van der Waals surface area contributed by atoms with Crippen molar-refractivity contribution in [3.8, 4) is 0 Å². The van der Waals surface area contributed by atoms with E-state index in [0.717, 1.165) is 5.47 Å². The molecule has 0 saturated heterocycles. The third kappa shape index (κ3) is 1.74. The Hall–Kier alpha value is -1.04. The quantitative estimate of drug-likeness (QED) is 0.745. The van der Waals surface area contributed by atoms with Crippen LogP contribution in [0.4, 0.5) is 0 Å². The second kappa shape index (κ2) is 4.57. The molecular weight excluding hydrogens is 229 g/mol. The number of hydrogen-bond donors (Lipinski definition) is 1.